The second-order valence-corrected chi connectivity index (χ2v) is 14.5. The van der Waals surface area contributed by atoms with Crippen LogP contribution in [0.3, 0.4) is 0 Å². The Morgan fingerprint density at radius 1 is 0.911 bits per heavy atom. The molecule has 4 aliphatic rings. The van der Waals surface area contributed by atoms with Crippen molar-refractivity contribution in [2.24, 2.45) is 0 Å². The Labute approximate surface area is 267 Å². The van der Waals surface area contributed by atoms with E-state index in [-0.39, 0.29) is 6.04 Å². The number of fused-ring (bicyclic) bond motifs is 10. The van der Waals surface area contributed by atoms with Crippen LogP contribution in [0.5, 0.6) is 5.75 Å². The number of aryl methyl sites for hydroxylation is 1. The molecule has 6 heterocycles. The summed E-state index contributed by atoms with van der Waals surface area (Å²) in [7, 11) is 0.503. The van der Waals surface area contributed by atoms with Crippen molar-refractivity contribution in [3.8, 4) is 17.1 Å². The molecule has 1 aromatic carbocycles. The fourth-order valence-corrected chi connectivity index (χ4v) is 7.35. The van der Waals surface area contributed by atoms with Gasteiger partial charge in [0.05, 0.1) is 48.8 Å². The minimum Gasteiger partial charge on any atom is -0.497 e. The van der Waals surface area contributed by atoms with Crippen molar-refractivity contribution in [2.75, 3.05) is 31.8 Å². The van der Waals surface area contributed by atoms with Crippen LogP contribution in [0, 0.1) is 0 Å². The number of methoxy groups -OCH3 is 1. The lowest BCUT2D eigenvalue weighted by molar-refractivity contribution is -0.0213. The normalized spacial score (nSPS) is 29.9. The van der Waals surface area contributed by atoms with Crippen molar-refractivity contribution >= 4 is 30.7 Å². The molecule has 7 rings (SSSR count). The molecule has 0 amide bonds. The maximum atomic E-state index is 6.74. The Morgan fingerprint density at radius 2 is 1.64 bits per heavy atom. The molecule has 0 radical (unpaired) electrons. The van der Waals surface area contributed by atoms with Crippen LogP contribution in [0.15, 0.2) is 30.5 Å². The summed E-state index contributed by atoms with van der Waals surface area (Å²) in [6.45, 7) is 14.8. The summed E-state index contributed by atoms with van der Waals surface area (Å²) in [5.74, 6) is 2.42. The van der Waals surface area contributed by atoms with Gasteiger partial charge in [0.15, 0.2) is 5.82 Å². The average molecular weight is 616 g/mol. The van der Waals surface area contributed by atoms with Crippen molar-refractivity contribution in [1.82, 2.24) is 15.0 Å². The zero-order valence-corrected chi connectivity index (χ0v) is 27.8. The van der Waals surface area contributed by atoms with E-state index >= 15 is 0 Å². The highest BCUT2D eigenvalue weighted by Gasteiger charge is 2.65. The number of H-pyrrole nitrogens is 1. The number of hydrogen-bond acceptors (Lipinski definition) is 9. The van der Waals surface area contributed by atoms with Gasteiger partial charge in [0.1, 0.15) is 11.6 Å². The molecule has 0 aliphatic carbocycles. The van der Waals surface area contributed by atoms with Gasteiger partial charge in [-0.15, -0.1) is 0 Å². The van der Waals surface area contributed by atoms with E-state index in [0.29, 0.717) is 19.0 Å². The predicted molar refractivity (Wildman–Crippen MR) is 175 cm³/mol. The third kappa shape index (κ3) is 5.46. The monoisotopic (exact) mass is 616 g/mol. The number of aromatic nitrogens is 3. The quantitative estimate of drug-likeness (QED) is 0.371. The maximum absolute atomic E-state index is 6.74. The Hall–Kier alpha value is -2.63. The third-order valence-corrected chi connectivity index (χ3v) is 11.0. The first-order valence-electron chi connectivity index (χ1n) is 16.5. The van der Waals surface area contributed by atoms with Crippen LogP contribution in [0.2, 0.25) is 0 Å². The van der Waals surface area contributed by atoms with Crippen LogP contribution in [0.25, 0.3) is 22.3 Å². The van der Waals surface area contributed by atoms with Gasteiger partial charge >= 0.3 is 14.0 Å². The van der Waals surface area contributed by atoms with Gasteiger partial charge in [-0.1, -0.05) is 6.42 Å². The molecule has 3 aromatic rings. The maximum Gasteiger partial charge on any atom is 0.488 e. The van der Waals surface area contributed by atoms with Crippen LogP contribution in [0.1, 0.15) is 79.3 Å². The average Bonchev–Trinajstić information content (AvgIpc) is 3.65. The molecule has 12 heteroatoms. The summed E-state index contributed by atoms with van der Waals surface area (Å²) in [5.41, 5.74) is 0.916. The van der Waals surface area contributed by atoms with Gasteiger partial charge in [-0.2, -0.15) is 0 Å². The molecule has 3 fully saturated rings. The predicted octanol–water partition coefficient (Wildman–Crippen LogP) is 5.57. The van der Waals surface area contributed by atoms with Gasteiger partial charge in [-0.3, -0.25) is 0 Å². The van der Waals surface area contributed by atoms with Gasteiger partial charge in [0.25, 0.3) is 0 Å². The van der Waals surface area contributed by atoms with E-state index in [1.54, 1.807) is 7.11 Å². The summed E-state index contributed by atoms with van der Waals surface area (Å²) in [6, 6.07) is 8.44. The van der Waals surface area contributed by atoms with Gasteiger partial charge in [-0.25, -0.2) is 9.97 Å². The molecule has 3 atom stereocenters. The lowest BCUT2D eigenvalue weighted by atomic mass is 9.49. The molecule has 1 N–H and O–H groups in total. The molecule has 240 valence electrons. The van der Waals surface area contributed by atoms with Crippen LogP contribution in [0.4, 0.5) is 5.82 Å². The fraction of sp³-hybridized carbons (Fsp3) is 0.636. The number of benzene rings is 1. The lowest BCUT2D eigenvalue weighted by Gasteiger charge is -2.41. The minimum absolute atomic E-state index is 0.124. The highest BCUT2D eigenvalue weighted by atomic mass is 16.7. The molecule has 4 aliphatic heterocycles. The molecule has 10 nitrogen and oxygen atoms in total. The van der Waals surface area contributed by atoms with Crippen LogP contribution < -0.4 is 9.64 Å². The third-order valence-electron chi connectivity index (χ3n) is 11.0. The lowest BCUT2D eigenvalue weighted by Crippen LogP contribution is -2.49. The van der Waals surface area contributed by atoms with E-state index in [1.165, 1.54) is 0 Å². The van der Waals surface area contributed by atoms with Crippen molar-refractivity contribution < 1.29 is 28.1 Å². The highest BCUT2D eigenvalue weighted by molar-refractivity contribution is 7.11. The topological polar surface area (TPSA) is 100 Å². The van der Waals surface area contributed by atoms with Crippen LogP contribution in [-0.2, 0) is 29.8 Å². The van der Waals surface area contributed by atoms with E-state index in [4.69, 9.17) is 38.1 Å². The van der Waals surface area contributed by atoms with Gasteiger partial charge < -0.3 is 38.0 Å². The minimum atomic E-state index is -0.600. The molecule has 45 heavy (non-hydrogen) atoms. The first-order valence-corrected chi connectivity index (χ1v) is 16.5. The summed E-state index contributed by atoms with van der Waals surface area (Å²) >= 11 is 0. The van der Waals surface area contributed by atoms with Crippen molar-refractivity contribution in [2.45, 2.75) is 109 Å². The molecule has 2 aromatic heterocycles. The second-order valence-electron chi connectivity index (χ2n) is 14.5. The smallest absolute Gasteiger partial charge is 0.488 e. The zero-order chi connectivity index (χ0) is 31.6. The molecule has 0 spiro atoms. The largest absolute Gasteiger partial charge is 0.497 e. The van der Waals surface area contributed by atoms with E-state index in [0.717, 1.165) is 78.8 Å². The van der Waals surface area contributed by atoms with Crippen molar-refractivity contribution in [3.63, 3.8) is 0 Å². The molecule has 3 unspecified atom stereocenters. The summed E-state index contributed by atoms with van der Waals surface area (Å²) in [5, 5.41) is 1.07. The van der Waals surface area contributed by atoms with E-state index < -0.39 is 36.4 Å². The Bertz CT molecular complexity index is 1570. The number of morpholine rings is 1. The SMILES string of the molecule is COc1cc(-c2nc3cc(n2)N2CCOCC2CCC2(C)OB(OC2(C)C)B2OC(C)(C)C(C)(CCCC3)O2)c2cc[nH]c2c1. The number of aromatic amines is 1. The van der Waals surface area contributed by atoms with Crippen molar-refractivity contribution in [3.05, 3.63) is 36.2 Å². The standard InChI is InChI=1S/C33H46B2N4O6/c1-30(2)32(5)13-9-8-10-22-18-28(38-29(37-22)26-19-24(40-7)20-27-25(26)12-15-36-27)39-16-17-41-21-23(39)11-14-33(6)31(3,4)43-35(45-33)34(42-30)44-32/h12,15,18-20,23,36H,8-11,13-14,16-17,21H2,1-7H3. The van der Waals surface area contributed by atoms with E-state index in [9.17, 15) is 0 Å². The van der Waals surface area contributed by atoms with Gasteiger partial charge in [0, 0.05) is 47.0 Å². The van der Waals surface area contributed by atoms with Gasteiger partial charge in [0.2, 0.25) is 0 Å². The Morgan fingerprint density at radius 3 is 2.38 bits per heavy atom. The Balaban J connectivity index is 1.29. The second kappa shape index (κ2) is 11.3. The number of nitrogens with zero attached hydrogens (tertiary/aromatic N) is 3. The van der Waals surface area contributed by atoms with Gasteiger partial charge in [-0.05, 0) is 85.8 Å². The summed E-state index contributed by atoms with van der Waals surface area (Å²) < 4.78 is 38.2. The van der Waals surface area contributed by atoms with Crippen LogP contribution >= 0.6 is 0 Å². The first kappa shape index (κ1) is 31.0. The molecular weight excluding hydrogens is 570 g/mol. The Kier molecular flexibility index (Phi) is 7.76. The van der Waals surface area contributed by atoms with Crippen molar-refractivity contribution in [1.29, 1.82) is 0 Å². The fourth-order valence-electron chi connectivity index (χ4n) is 7.35. The first-order chi connectivity index (χ1) is 21.4. The number of ether oxygens (including phenoxy) is 2. The van der Waals surface area contributed by atoms with E-state index in [2.05, 4.69) is 63.6 Å². The molecule has 3 saturated heterocycles. The number of nitrogens with one attached hydrogen (secondary N) is 1. The number of rotatable bonds is 2. The zero-order valence-electron chi connectivity index (χ0n) is 27.8. The summed E-state index contributed by atoms with van der Waals surface area (Å²) in [6.07, 6.45) is 7.18. The van der Waals surface area contributed by atoms with Crippen LogP contribution in [-0.4, -0.2) is 84.3 Å². The number of anilines is 1. The number of hydrogen-bond donors (Lipinski definition) is 1. The van der Waals surface area contributed by atoms with E-state index in [1.807, 2.05) is 18.3 Å². The molecular formula is C33H46B2N4O6. The molecule has 6 bridgehead atoms. The summed E-state index contributed by atoms with van der Waals surface area (Å²) in [4.78, 5) is 16.1. The molecule has 0 saturated carbocycles. The highest BCUT2D eigenvalue weighted by Crippen LogP contribution is 2.47.